The van der Waals surface area contributed by atoms with E-state index in [2.05, 4.69) is 0 Å². The van der Waals surface area contributed by atoms with Gasteiger partial charge >= 0.3 is 0 Å². The van der Waals surface area contributed by atoms with Crippen LogP contribution in [0.1, 0.15) is 19.4 Å². The zero-order valence-electron chi connectivity index (χ0n) is 7.00. The highest BCUT2D eigenvalue weighted by molar-refractivity contribution is 6.30. The fourth-order valence-corrected chi connectivity index (χ4v) is 1.19. The summed E-state index contributed by atoms with van der Waals surface area (Å²) in [4.78, 5) is 0. The summed E-state index contributed by atoms with van der Waals surface area (Å²) in [7, 11) is 0. The van der Waals surface area contributed by atoms with Crippen LogP contribution in [-0.2, 0) is 5.60 Å². The molecule has 0 atom stereocenters. The molecule has 0 saturated heterocycles. The van der Waals surface area contributed by atoms with Crippen molar-refractivity contribution in [2.45, 2.75) is 19.4 Å². The van der Waals surface area contributed by atoms with Crippen molar-refractivity contribution in [1.82, 2.24) is 0 Å². The molecule has 1 aromatic carbocycles. The van der Waals surface area contributed by atoms with Crippen LogP contribution in [0.15, 0.2) is 18.2 Å². The minimum absolute atomic E-state index is 0.0231. The van der Waals surface area contributed by atoms with Crippen molar-refractivity contribution in [1.29, 1.82) is 0 Å². The fraction of sp³-hybridized carbons (Fsp3) is 0.333. The van der Waals surface area contributed by atoms with Gasteiger partial charge in [0.25, 0.3) is 0 Å². The lowest BCUT2D eigenvalue weighted by molar-refractivity contribution is 0.0758. The summed E-state index contributed by atoms with van der Waals surface area (Å²) in [5, 5.41) is 19.4. The molecule has 0 saturated carbocycles. The van der Waals surface area contributed by atoms with E-state index < -0.39 is 5.60 Å². The molecule has 0 fully saturated rings. The van der Waals surface area contributed by atoms with Crippen molar-refractivity contribution in [2.75, 3.05) is 0 Å². The Morgan fingerprint density at radius 2 is 1.92 bits per heavy atom. The third-order valence-electron chi connectivity index (χ3n) is 1.62. The molecule has 0 aromatic heterocycles. The molecule has 1 aromatic rings. The second-order valence-electron chi connectivity index (χ2n) is 3.22. The molecule has 0 unspecified atom stereocenters. The van der Waals surface area contributed by atoms with Gasteiger partial charge in [-0.1, -0.05) is 17.7 Å². The third kappa shape index (κ3) is 1.90. The maximum Gasteiger partial charge on any atom is 0.123 e. The normalized spacial score (nSPS) is 11.7. The van der Waals surface area contributed by atoms with Gasteiger partial charge < -0.3 is 10.2 Å². The van der Waals surface area contributed by atoms with Crippen LogP contribution in [0, 0.1) is 0 Å². The van der Waals surface area contributed by atoms with Gasteiger partial charge in [-0.2, -0.15) is 0 Å². The second kappa shape index (κ2) is 2.96. The van der Waals surface area contributed by atoms with Gasteiger partial charge in [0, 0.05) is 10.6 Å². The van der Waals surface area contributed by atoms with Gasteiger partial charge in [0.15, 0.2) is 0 Å². The molecule has 3 heteroatoms. The largest absolute Gasteiger partial charge is 0.508 e. The average molecular weight is 187 g/mol. The number of halogens is 1. The molecule has 2 nitrogen and oxygen atoms in total. The first kappa shape index (κ1) is 9.36. The first-order valence-electron chi connectivity index (χ1n) is 3.62. The van der Waals surface area contributed by atoms with E-state index in [1.807, 2.05) is 0 Å². The van der Waals surface area contributed by atoms with Crippen molar-refractivity contribution in [3.63, 3.8) is 0 Å². The van der Waals surface area contributed by atoms with E-state index in [0.717, 1.165) is 0 Å². The molecule has 0 radical (unpaired) electrons. The zero-order valence-corrected chi connectivity index (χ0v) is 7.76. The molecule has 66 valence electrons. The summed E-state index contributed by atoms with van der Waals surface area (Å²) in [6.45, 7) is 3.21. The molecule has 0 aliphatic heterocycles. The number of hydrogen-bond donors (Lipinski definition) is 2. The van der Waals surface area contributed by atoms with E-state index in [-0.39, 0.29) is 5.75 Å². The number of phenolic OH excluding ortho intramolecular Hbond substituents is 1. The number of rotatable bonds is 1. The van der Waals surface area contributed by atoms with Gasteiger partial charge in [-0.3, -0.25) is 0 Å². The number of aliphatic hydroxyl groups is 1. The molecule has 2 N–H and O–H groups in total. The van der Waals surface area contributed by atoms with Crippen LogP contribution in [0.5, 0.6) is 5.75 Å². The minimum atomic E-state index is -1.03. The van der Waals surface area contributed by atoms with Crippen LogP contribution in [0.4, 0.5) is 0 Å². The monoisotopic (exact) mass is 186 g/mol. The third-order valence-corrected chi connectivity index (χ3v) is 1.85. The van der Waals surface area contributed by atoms with Crippen LogP contribution >= 0.6 is 11.6 Å². The highest BCUT2D eigenvalue weighted by atomic mass is 35.5. The van der Waals surface area contributed by atoms with Gasteiger partial charge in [0.05, 0.1) is 5.60 Å². The number of phenols is 1. The predicted octanol–water partition coefficient (Wildman–Crippen LogP) is 2.27. The maximum atomic E-state index is 9.56. The van der Waals surface area contributed by atoms with Crippen molar-refractivity contribution in [2.24, 2.45) is 0 Å². The Kier molecular flexibility index (Phi) is 2.31. The minimum Gasteiger partial charge on any atom is -0.508 e. The molecular formula is C9H11ClO2. The predicted molar refractivity (Wildman–Crippen MR) is 48.4 cm³/mol. The number of hydrogen-bond acceptors (Lipinski definition) is 2. The van der Waals surface area contributed by atoms with Gasteiger partial charge in [0.1, 0.15) is 5.75 Å². The van der Waals surface area contributed by atoms with Gasteiger partial charge in [0.2, 0.25) is 0 Å². The van der Waals surface area contributed by atoms with Crippen LogP contribution in [-0.4, -0.2) is 10.2 Å². The summed E-state index contributed by atoms with van der Waals surface area (Å²) < 4.78 is 0. The molecular weight excluding hydrogens is 176 g/mol. The number of benzene rings is 1. The zero-order chi connectivity index (χ0) is 9.35. The van der Waals surface area contributed by atoms with Crippen LogP contribution in [0.25, 0.3) is 0 Å². The first-order chi connectivity index (χ1) is 5.41. The standard InChI is InChI=1S/C9H11ClO2/c1-9(2,12)7-4-3-6(10)5-8(7)11/h3-5,11-12H,1-2H3. The van der Waals surface area contributed by atoms with Gasteiger partial charge in [-0.15, -0.1) is 0 Å². The van der Waals surface area contributed by atoms with Crippen LogP contribution in [0.3, 0.4) is 0 Å². The molecule has 12 heavy (non-hydrogen) atoms. The van der Waals surface area contributed by atoms with Crippen molar-refractivity contribution >= 4 is 11.6 Å². The Hall–Kier alpha value is -0.730. The van der Waals surface area contributed by atoms with E-state index in [4.69, 9.17) is 11.6 Å². The van der Waals surface area contributed by atoms with Crippen molar-refractivity contribution in [3.05, 3.63) is 28.8 Å². The molecule has 0 aliphatic carbocycles. The first-order valence-corrected chi connectivity index (χ1v) is 4.00. The summed E-state index contributed by atoms with van der Waals surface area (Å²) in [5.74, 6) is 0.0231. The summed E-state index contributed by atoms with van der Waals surface area (Å²) in [5.41, 5.74) is -0.554. The molecule has 1 rings (SSSR count). The fourth-order valence-electron chi connectivity index (χ4n) is 1.02. The Morgan fingerprint density at radius 3 is 2.33 bits per heavy atom. The van der Waals surface area contributed by atoms with Crippen LogP contribution in [0.2, 0.25) is 5.02 Å². The van der Waals surface area contributed by atoms with Gasteiger partial charge in [-0.25, -0.2) is 0 Å². The lowest BCUT2D eigenvalue weighted by Gasteiger charge is -2.18. The Labute approximate surface area is 76.4 Å². The average Bonchev–Trinajstić information content (AvgIpc) is 1.83. The van der Waals surface area contributed by atoms with Crippen LogP contribution < -0.4 is 0 Å². The topological polar surface area (TPSA) is 40.5 Å². The lowest BCUT2D eigenvalue weighted by Crippen LogP contribution is -2.15. The van der Waals surface area contributed by atoms with Crippen molar-refractivity contribution < 1.29 is 10.2 Å². The van der Waals surface area contributed by atoms with E-state index in [1.54, 1.807) is 26.0 Å². The molecule has 0 amide bonds. The van der Waals surface area contributed by atoms with Gasteiger partial charge in [-0.05, 0) is 26.0 Å². The smallest absolute Gasteiger partial charge is 0.123 e. The highest BCUT2D eigenvalue weighted by Crippen LogP contribution is 2.30. The number of aromatic hydroxyl groups is 1. The Balaban J connectivity index is 3.19. The molecule has 0 bridgehead atoms. The Bertz CT molecular complexity index is 289. The van der Waals surface area contributed by atoms with E-state index in [1.165, 1.54) is 6.07 Å². The van der Waals surface area contributed by atoms with E-state index >= 15 is 0 Å². The summed E-state index contributed by atoms with van der Waals surface area (Å²) in [6.07, 6.45) is 0. The summed E-state index contributed by atoms with van der Waals surface area (Å²) in [6, 6.07) is 4.65. The quantitative estimate of drug-likeness (QED) is 0.707. The Morgan fingerprint density at radius 1 is 1.33 bits per heavy atom. The SMILES string of the molecule is CC(C)(O)c1ccc(Cl)cc1O. The molecule has 0 heterocycles. The van der Waals surface area contributed by atoms with E-state index in [9.17, 15) is 10.2 Å². The molecule has 0 aliphatic rings. The second-order valence-corrected chi connectivity index (χ2v) is 3.66. The van der Waals surface area contributed by atoms with Crippen molar-refractivity contribution in [3.8, 4) is 5.75 Å². The molecule has 0 spiro atoms. The maximum absolute atomic E-state index is 9.56. The lowest BCUT2D eigenvalue weighted by atomic mass is 9.98. The van der Waals surface area contributed by atoms with E-state index in [0.29, 0.717) is 10.6 Å². The summed E-state index contributed by atoms with van der Waals surface area (Å²) >= 11 is 5.63. The highest BCUT2D eigenvalue weighted by Gasteiger charge is 2.19.